The zero-order valence-corrected chi connectivity index (χ0v) is 24.5. The van der Waals surface area contributed by atoms with Crippen molar-refractivity contribution >= 4 is 54.8 Å². The number of hydrogen-bond donors (Lipinski definition) is 0. The maximum atomic E-state index is 13.3. The largest absolute Gasteiger partial charge is 0.462 e. The number of carbonyl (C=O) groups excluding carboxylic acids is 1. The number of fused-ring (bicyclic) bond motifs is 1. The van der Waals surface area contributed by atoms with Crippen LogP contribution in [0.1, 0.15) is 12.8 Å². The Kier molecular flexibility index (Phi) is 8.57. The molecule has 2 fully saturated rings. The van der Waals surface area contributed by atoms with Crippen LogP contribution in [-0.2, 0) is 14.8 Å². The fourth-order valence-corrected chi connectivity index (χ4v) is 8.08. The summed E-state index contributed by atoms with van der Waals surface area (Å²) in [7, 11) is 0.232. The van der Waals surface area contributed by atoms with Gasteiger partial charge in [0, 0.05) is 55.2 Å². The summed E-state index contributed by atoms with van der Waals surface area (Å²) in [6.07, 6.45) is 3.58. The van der Waals surface area contributed by atoms with Crippen LogP contribution >= 0.6 is 22.9 Å². The predicted molar refractivity (Wildman–Crippen MR) is 153 cm³/mol. The predicted octanol–water partition coefficient (Wildman–Crippen LogP) is 3.03. The number of piperidine rings is 1. The van der Waals surface area contributed by atoms with Crippen LogP contribution in [-0.4, -0.2) is 105 Å². The molecule has 0 unspecified atom stereocenters. The van der Waals surface area contributed by atoms with Gasteiger partial charge in [0.15, 0.2) is 0 Å². The lowest BCUT2D eigenvalue weighted by molar-refractivity contribution is -0.134. The number of ether oxygens (including phenoxy) is 1. The Labute approximate surface area is 238 Å². The first kappa shape index (κ1) is 28.0. The molecule has 5 rings (SSSR count). The highest BCUT2D eigenvalue weighted by atomic mass is 35.5. The number of halogens is 1. The van der Waals surface area contributed by atoms with E-state index < -0.39 is 10.0 Å². The minimum Gasteiger partial charge on any atom is -0.462 e. The van der Waals surface area contributed by atoms with Crippen LogP contribution in [0.2, 0.25) is 5.02 Å². The molecule has 0 radical (unpaired) electrons. The van der Waals surface area contributed by atoms with Crippen molar-refractivity contribution in [3.8, 4) is 6.01 Å². The van der Waals surface area contributed by atoms with E-state index in [4.69, 9.17) is 16.3 Å². The Hall–Kier alpha value is -2.51. The number of rotatable bonds is 9. The maximum absolute atomic E-state index is 13.3. The highest BCUT2D eigenvalue weighted by molar-refractivity contribution is 7.91. The second-order valence-electron chi connectivity index (χ2n) is 10.2. The number of thiophene rings is 1. The molecular weight excluding hydrogens is 560 g/mol. The van der Waals surface area contributed by atoms with Crippen molar-refractivity contribution in [1.82, 2.24) is 24.1 Å². The fourth-order valence-electron chi connectivity index (χ4n) is 4.87. The van der Waals surface area contributed by atoms with Crippen LogP contribution in [0, 0.1) is 5.92 Å². The van der Waals surface area contributed by atoms with Crippen LogP contribution in [0.15, 0.2) is 40.7 Å². The number of aromatic nitrogens is 2. The normalized spacial score (nSPS) is 17.9. The summed E-state index contributed by atoms with van der Waals surface area (Å²) in [4.78, 5) is 27.8. The van der Waals surface area contributed by atoms with Gasteiger partial charge in [-0.05, 0) is 62.5 Å². The number of anilines is 1. The summed E-state index contributed by atoms with van der Waals surface area (Å²) in [5.41, 5.74) is 0. The van der Waals surface area contributed by atoms with Crippen molar-refractivity contribution in [2.75, 3.05) is 71.4 Å². The van der Waals surface area contributed by atoms with Crippen molar-refractivity contribution in [3.63, 3.8) is 0 Å². The fraction of sp³-hybridized carbons (Fsp3) is 0.500. The summed E-state index contributed by atoms with van der Waals surface area (Å²) in [5, 5.41) is 1.39. The number of benzene rings is 1. The minimum atomic E-state index is -3.75. The molecule has 210 valence electrons. The third-order valence-corrected chi connectivity index (χ3v) is 10.8. The van der Waals surface area contributed by atoms with E-state index in [2.05, 4.69) is 14.9 Å². The minimum absolute atomic E-state index is 0.131. The molecule has 0 N–H and O–H groups in total. The summed E-state index contributed by atoms with van der Waals surface area (Å²) in [5.74, 6) is 1.06. The van der Waals surface area contributed by atoms with Crippen molar-refractivity contribution in [3.05, 3.63) is 41.6 Å². The molecule has 2 aliphatic heterocycles. The number of nitrogens with zero attached hydrogens (tertiary/aromatic N) is 6. The van der Waals surface area contributed by atoms with E-state index in [0.29, 0.717) is 43.2 Å². The van der Waals surface area contributed by atoms with Gasteiger partial charge >= 0.3 is 6.01 Å². The second kappa shape index (κ2) is 11.9. The van der Waals surface area contributed by atoms with Crippen LogP contribution < -0.4 is 9.64 Å². The molecule has 0 bridgehead atoms. The van der Waals surface area contributed by atoms with E-state index in [-0.39, 0.29) is 16.7 Å². The number of likely N-dealkylation sites (N-methyl/N-ethyl adjacent to an activating group) is 1. The van der Waals surface area contributed by atoms with Gasteiger partial charge in [-0.1, -0.05) is 17.7 Å². The SMILES string of the molecule is CN(C)CCOc1nccc(N2CCC(CN3CCN(S(=O)(=O)c4cc5ccc(Cl)cc5s4)CC3=O)CC2)n1. The summed E-state index contributed by atoms with van der Waals surface area (Å²) in [6.45, 7) is 4.18. The van der Waals surface area contributed by atoms with Crippen LogP contribution in [0.4, 0.5) is 5.82 Å². The Morgan fingerprint density at radius 2 is 1.92 bits per heavy atom. The highest BCUT2D eigenvalue weighted by Gasteiger charge is 2.35. The molecule has 39 heavy (non-hydrogen) atoms. The number of carbonyl (C=O) groups is 1. The second-order valence-corrected chi connectivity index (χ2v) is 13.9. The topological polar surface area (TPSA) is 99.2 Å². The van der Waals surface area contributed by atoms with Gasteiger partial charge in [0.1, 0.15) is 16.6 Å². The zero-order chi connectivity index (χ0) is 27.6. The average Bonchev–Trinajstić information content (AvgIpc) is 3.34. The Balaban J connectivity index is 1.13. The van der Waals surface area contributed by atoms with Gasteiger partial charge in [-0.25, -0.2) is 13.4 Å². The van der Waals surface area contributed by atoms with Gasteiger partial charge in [0.05, 0.1) is 6.54 Å². The van der Waals surface area contributed by atoms with Crippen molar-refractivity contribution in [2.45, 2.75) is 17.1 Å². The molecule has 0 spiro atoms. The summed E-state index contributed by atoms with van der Waals surface area (Å²) < 4.78 is 34.6. The number of hydrogen-bond acceptors (Lipinski definition) is 9. The number of amides is 1. The molecule has 2 saturated heterocycles. The van der Waals surface area contributed by atoms with Crippen LogP contribution in [0.5, 0.6) is 6.01 Å². The third kappa shape index (κ3) is 6.63. The first-order valence-corrected chi connectivity index (χ1v) is 15.6. The molecule has 13 heteroatoms. The van der Waals surface area contributed by atoms with Gasteiger partial charge in [-0.15, -0.1) is 11.3 Å². The highest BCUT2D eigenvalue weighted by Crippen LogP contribution is 2.33. The molecule has 0 atom stereocenters. The monoisotopic (exact) mass is 592 g/mol. The van der Waals surface area contributed by atoms with E-state index in [1.54, 1.807) is 24.4 Å². The third-order valence-electron chi connectivity index (χ3n) is 7.14. The average molecular weight is 593 g/mol. The number of sulfonamides is 1. The first-order valence-electron chi connectivity index (χ1n) is 13.0. The summed E-state index contributed by atoms with van der Waals surface area (Å²) >= 11 is 7.24. The lowest BCUT2D eigenvalue weighted by atomic mass is 9.96. The Bertz CT molecular complexity index is 1420. The van der Waals surface area contributed by atoms with Crippen molar-refractivity contribution in [1.29, 1.82) is 0 Å². The Morgan fingerprint density at radius 3 is 2.67 bits per heavy atom. The van der Waals surface area contributed by atoms with E-state index in [1.807, 2.05) is 36.0 Å². The quantitative estimate of drug-likeness (QED) is 0.374. The molecule has 0 saturated carbocycles. The molecular formula is C26H33ClN6O4S2. The van der Waals surface area contributed by atoms with Crippen LogP contribution in [0.25, 0.3) is 10.1 Å². The van der Waals surface area contributed by atoms with Gasteiger partial charge in [-0.3, -0.25) is 4.79 Å². The van der Waals surface area contributed by atoms with Crippen LogP contribution in [0.3, 0.4) is 0 Å². The first-order chi connectivity index (χ1) is 18.7. The van der Waals surface area contributed by atoms with Gasteiger partial charge < -0.3 is 19.4 Å². The molecule has 4 heterocycles. The van der Waals surface area contributed by atoms with E-state index >= 15 is 0 Å². The van der Waals surface area contributed by atoms with Gasteiger partial charge in [0.2, 0.25) is 5.91 Å². The van der Waals surface area contributed by atoms with Crippen molar-refractivity contribution < 1.29 is 17.9 Å². The molecule has 3 aromatic rings. The zero-order valence-electron chi connectivity index (χ0n) is 22.1. The lowest BCUT2D eigenvalue weighted by Gasteiger charge is -2.38. The molecule has 2 aliphatic rings. The standard InChI is InChI=1S/C26H33ClN6O4S2/c1-30(2)13-14-37-26-28-8-5-23(29-26)31-9-6-19(7-10-31)17-32-11-12-33(18-24(32)34)39(35,36)25-15-20-3-4-21(27)16-22(20)38-25/h3-5,8,15-16,19H,6-7,9-14,17-18H2,1-2H3. The van der Waals surface area contributed by atoms with E-state index in [1.165, 1.54) is 15.6 Å². The smallest absolute Gasteiger partial charge is 0.318 e. The molecule has 10 nitrogen and oxygen atoms in total. The molecule has 1 aromatic carbocycles. The Morgan fingerprint density at radius 1 is 1.13 bits per heavy atom. The lowest BCUT2D eigenvalue weighted by Crippen LogP contribution is -2.53. The van der Waals surface area contributed by atoms with E-state index in [0.717, 1.165) is 48.4 Å². The van der Waals surface area contributed by atoms with Gasteiger partial charge in [-0.2, -0.15) is 9.29 Å². The van der Waals surface area contributed by atoms with Crippen molar-refractivity contribution in [2.24, 2.45) is 5.92 Å². The van der Waals surface area contributed by atoms with E-state index in [9.17, 15) is 13.2 Å². The van der Waals surface area contributed by atoms with Gasteiger partial charge in [0.25, 0.3) is 10.0 Å². The molecule has 1 amide bonds. The molecule has 0 aliphatic carbocycles. The number of piperazine rings is 1. The maximum Gasteiger partial charge on any atom is 0.318 e. The molecule has 2 aromatic heterocycles. The summed E-state index contributed by atoms with van der Waals surface area (Å²) in [6, 6.07) is 9.26.